The fraction of sp³-hybridized carbons (Fsp3) is 0.0667. The van der Waals surface area contributed by atoms with E-state index >= 15 is 0 Å². The van der Waals surface area contributed by atoms with E-state index in [9.17, 15) is 0 Å². The molecule has 7 rings (SSSR count). The molecule has 0 bridgehead atoms. The minimum atomic E-state index is -2.59. The predicted octanol–water partition coefficient (Wildman–Crippen LogP) is 7.69. The molecule has 0 spiro atoms. The molecule has 0 saturated carbocycles. The topological polar surface area (TPSA) is 26.5 Å². The van der Waals surface area contributed by atoms with E-state index in [4.69, 9.17) is 10.1 Å². The molecule has 7 aromatic carbocycles. The van der Waals surface area contributed by atoms with Crippen molar-refractivity contribution in [3.8, 4) is 0 Å². The van der Waals surface area contributed by atoms with Gasteiger partial charge in [-0.25, -0.2) is 0 Å². The Labute approximate surface area is 310 Å². The van der Waals surface area contributed by atoms with Crippen LogP contribution in [0.2, 0.25) is 0 Å². The Morgan fingerprint density at radius 1 is 0.520 bits per heavy atom. The molecule has 7 aromatic rings. The fourth-order valence-electron chi connectivity index (χ4n) is 6.33. The number of para-hydroxylation sites is 1. The Morgan fingerprint density at radius 3 is 1.48 bits per heavy atom. The maximum Gasteiger partial charge on any atom is 1.00 e. The molecule has 50 heavy (non-hydrogen) atoms. The summed E-state index contributed by atoms with van der Waals surface area (Å²) in [5.41, 5.74) is 4.40. The smallest absolute Gasteiger partial charge is 0.677 e. The Morgan fingerprint density at radius 2 is 0.960 bits per heavy atom. The summed E-state index contributed by atoms with van der Waals surface area (Å²) in [5.74, 6) is 0. The molecule has 1 atom stereocenters. The van der Waals surface area contributed by atoms with Crippen LogP contribution in [0.15, 0.2) is 205 Å². The molecular formula is C45H39LiN2P2. The quantitative estimate of drug-likeness (QED) is 0.0993. The van der Waals surface area contributed by atoms with Crippen molar-refractivity contribution in [1.29, 1.82) is 0 Å². The van der Waals surface area contributed by atoms with E-state index in [0.717, 1.165) is 22.8 Å². The van der Waals surface area contributed by atoms with Crippen LogP contribution in [0.3, 0.4) is 0 Å². The van der Waals surface area contributed by atoms with E-state index in [1.807, 2.05) is 0 Å². The van der Waals surface area contributed by atoms with Gasteiger partial charge in [-0.1, -0.05) is 205 Å². The third kappa shape index (κ3) is 7.98. The summed E-state index contributed by atoms with van der Waals surface area (Å²) in [6, 6.07) is 71.7. The summed E-state index contributed by atoms with van der Waals surface area (Å²) in [4.78, 5) is 0. The summed E-state index contributed by atoms with van der Waals surface area (Å²) in [7, 11) is -3.28. The van der Waals surface area contributed by atoms with Crippen LogP contribution in [0.1, 0.15) is 17.2 Å². The molecule has 0 aliphatic carbocycles. The Hall–Kier alpha value is -4.40. The molecule has 5 heteroatoms. The van der Waals surface area contributed by atoms with Gasteiger partial charge in [-0.05, 0) is 49.1 Å². The second-order valence-corrected chi connectivity index (χ2v) is 17.3. The molecule has 0 N–H and O–H groups in total. The molecule has 0 aromatic heterocycles. The molecule has 0 radical (unpaired) electrons. The van der Waals surface area contributed by atoms with Crippen LogP contribution in [-0.2, 0) is 0 Å². The van der Waals surface area contributed by atoms with E-state index in [-0.39, 0.29) is 24.9 Å². The first kappa shape index (κ1) is 35.4. The van der Waals surface area contributed by atoms with Gasteiger partial charge in [0.05, 0.1) is 12.7 Å². The molecule has 0 saturated heterocycles. The maximum atomic E-state index is 5.79. The van der Waals surface area contributed by atoms with Crippen LogP contribution in [-0.4, -0.2) is 6.16 Å². The first-order chi connectivity index (χ1) is 24.2. The van der Waals surface area contributed by atoms with Crippen LogP contribution in [0.25, 0.3) is 5.32 Å². The molecule has 0 heterocycles. The van der Waals surface area contributed by atoms with Gasteiger partial charge in [-0.2, -0.15) is 0 Å². The normalized spacial score (nSPS) is 11.7. The number of hydrogen-bond acceptors (Lipinski definition) is 1. The monoisotopic (exact) mass is 676 g/mol. The molecule has 0 fully saturated rings. The average molecular weight is 677 g/mol. The number of hydrogen-bond donors (Lipinski definition) is 0. The molecule has 240 valence electrons. The zero-order valence-electron chi connectivity index (χ0n) is 28.6. The predicted molar refractivity (Wildman–Crippen MR) is 215 cm³/mol. The van der Waals surface area contributed by atoms with Crippen molar-refractivity contribution < 1.29 is 18.9 Å². The van der Waals surface area contributed by atoms with E-state index in [2.05, 4.69) is 207 Å². The van der Waals surface area contributed by atoms with Gasteiger partial charge >= 0.3 is 18.9 Å². The van der Waals surface area contributed by atoms with Gasteiger partial charge in [0, 0.05) is 10.6 Å². The second-order valence-electron chi connectivity index (χ2n) is 12.1. The van der Waals surface area contributed by atoms with Gasteiger partial charge in [0.2, 0.25) is 0 Å². The van der Waals surface area contributed by atoms with Crippen LogP contribution in [0, 0.1) is 6.92 Å². The Bertz CT molecular complexity index is 2040. The largest absolute Gasteiger partial charge is 1.00 e. The fourth-order valence-corrected chi connectivity index (χ4v) is 12.4. The van der Waals surface area contributed by atoms with E-state index in [0.29, 0.717) is 0 Å². The number of nitrogens with zero attached hydrogens (tertiary/aromatic N) is 2. The van der Waals surface area contributed by atoms with Gasteiger partial charge in [0.1, 0.15) is 0 Å². The van der Waals surface area contributed by atoms with Crippen molar-refractivity contribution in [3.05, 3.63) is 217 Å². The van der Waals surface area contributed by atoms with Crippen molar-refractivity contribution in [1.82, 2.24) is 0 Å². The summed E-state index contributed by atoms with van der Waals surface area (Å²) in [5, 5.41) is 12.1. The Balaban J connectivity index is 0.00000432. The first-order valence-corrected chi connectivity index (χ1v) is 20.0. The molecule has 2 nitrogen and oxygen atoms in total. The van der Waals surface area contributed by atoms with Crippen molar-refractivity contribution >= 4 is 52.9 Å². The number of aryl methyl sites for hydroxylation is 1. The average Bonchev–Trinajstić information content (AvgIpc) is 3.18. The molecule has 0 amide bonds. The molecule has 0 aliphatic heterocycles. The maximum absolute atomic E-state index is 5.79. The first-order valence-electron chi connectivity index (χ1n) is 16.7. The van der Waals surface area contributed by atoms with Crippen LogP contribution >= 0.6 is 15.0 Å². The second kappa shape index (κ2) is 17.0. The van der Waals surface area contributed by atoms with E-state index in [1.165, 1.54) is 32.3 Å². The molecule has 1 unspecified atom stereocenters. The summed E-state index contributed by atoms with van der Waals surface area (Å²) < 4.78 is 5.79. The van der Waals surface area contributed by atoms with Crippen LogP contribution in [0.5, 0.6) is 0 Å². The minimum absolute atomic E-state index is 0. The zero-order valence-corrected chi connectivity index (χ0v) is 30.4. The van der Waals surface area contributed by atoms with E-state index in [1.54, 1.807) is 0 Å². The third-order valence-electron chi connectivity index (χ3n) is 8.76. The zero-order chi connectivity index (χ0) is 33.3. The van der Waals surface area contributed by atoms with Crippen molar-refractivity contribution in [2.24, 2.45) is 4.74 Å². The van der Waals surface area contributed by atoms with E-state index < -0.39 is 15.0 Å². The summed E-state index contributed by atoms with van der Waals surface area (Å²) in [6.07, 6.45) is 0.888. The van der Waals surface area contributed by atoms with Crippen LogP contribution < -0.4 is 45.4 Å². The van der Waals surface area contributed by atoms with Gasteiger partial charge in [-0.15, -0.1) is 5.69 Å². The number of rotatable bonds is 11. The van der Waals surface area contributed by atoms with Gasteiger partial charge in [0.15, 0.2) is 0 Å². The number of benzene rings is 7. The molecular weight excluding hydrogens is 637 g/mol. The van der Waals surface area contributed by atoms with Crippen molar-refractivity contribution in [3.63, 3.8) is 0 Å². The standard InChI is InChI=1S/C45H39N2P2.Li/c1-36-31-33-38(34-32-36)47-49(41-25-13-5-14-26-41,42-27-15-6-16-28-42)45-30-18-17-29-43(45)46-44(37-19-7-2-8-20-37)35-48(39-21-9-3-10-22-39)40-23-11-4-12-24-40;/h2-34,44H,35H2,1H3;/q-1;+1. The minimum Gasteiger partial charge on any atom is -0.677 e. The van der Waals surface area contributed by atoms with Crippen molar-refractivity contribution in [2.75, 3.05) is 6.16 Å². The third-order valence-corrected chi connectivity index (χ3v) is 15.0. The SMILES string of the molecule is Cc1ccc(N=P(c2ccccc2)(c2ccccc2)c2ccccc2[N-]C(CP(c2ccccc2)c2ccccc2)c2ccccc2)cc1.[Li+]. The van der Waals surface area contributed by atoms with Crippen molar-refractivity contribution in [2.45, 2.75) is 13.0 Å². The summed E-state index contributed by atoms with van der Waals surface area (Å²) in [6.45, 7) is 2.12. The molecule has 0 aliphatic rings. The van der Waals surface area contributed by atoms with Gasteiger partial charge < -0.3 is 5.32 Å². The van der Waals surface area contributed by atoms with Gasteiger partial charge in [-0.3, -0.25) is 4.74 Å². The van der Waals surface area contributed by atoms with Gasteiger partial charge in [0.25, 0.3) is 0 Å². The Kier molecular flexibility index (Phi) is 12.0. The summed E-state index contributed by atoms with van der Waals surface area (Å²) >= 11 is 0. The van der Waals surface area contributed by atoms with Crippen LogP contribution in [0.4, 0.5) is 11.4 Å².